The van der Waals surface area contributed by atoms with Gasteiger partial charge in [-0.05, 0) is 36.5 Å². The zero-order valence-electron chi connectivity index (χ0n) is 14.9. The third kappa shape index (κ3) is 5.11. The van der Waals surface area contributed by atoms with Gasteiger partial charge in [0.2, 0.25) is 5.95 Å². The lowest BCUT2D eigenvalue weighted by molar-refractivity contribution is 0.222. The van der Waals surface area contributed by atoms with Crippen molar-refractivity contribution in [2.24, 2.45) is 0 Å². The summed E-state index contributed by atoms with van der Waals surface area (Å²) in [5, 5.41) is 17.6. The average Bonchev–Trinajstić information content (AvgIpc) is 3.20. The Kier molecular flexibility index (Phi) is 6.10. The summed E-state index contributed by atoms with van der Waals surface area (Å²) in [6.07, 6.45) is 3.95. The third-order valence-corrected chi connectivity index (χ3v) is 4.11. The van der Waals surface area contributed by atoms with Gasteiger partial charge in [-0.1, -0.05) is 6.07 Å². The number of hydrogen-bond acceptors (Lipinski definition) is 6. The Bertz CT molecular complexity index is 846. The summed E-state index contributed by atoms with van der Waals surface area (Å²) < 4.78 is 0. The van der Waals surface area contributed by atoms with E-state index in [2.05, 4.69) is 32.0 Å². The molecular weight excluding hydrogens is 341 g/mol. The summed E-state index contributed by atoms with van der Waals surface area (Å²) in [6, 6.07) is 9.31. The highest BCUT2D eigenvalue weighted by Gasteiger charge is 2.17. The van der Waals surface area contributed by atoms with Gasteiger partial charge in [0, 0.05) is 37.2 Å². The van der Waals surface area contributed by atoms with E-state index in [1.165, 1.54) is 6.20 Å². The number of carbonyl (C=O) groups excluding carboxylic acids is 1. The standard InChI is InChI=1S/C18H20BN7O/c19-15-12-22-17(25-16(15)21-8-4-7-20)23-13-5-3-6-14(11-13)24-18(27)26-9-1-2-10-26/h3,5-6,11-12H,1-2,4,8-10H2,(H,24,27)(H2,21,22,23,25). The molecule has 1 aliphatic heterocycles. The van der Waals surface area contributed by atoms with E-state index < -0.39 is 0 Å². The predicted octanol–water partition coefficient (Wildman–Crippen LogP) is 1.97. The zero-order valence-corrected chi connectivity index (χ0v) is 14.9. The number of anilines is 4. The van der Waals surface area contributed by atoms with Crippen LogP contribution < -0.4 is 21.4 Å². The maximum absolute atomic E-state index is 12.2. The van der Waals surface area contributed by atoms with Crippen LogP contribution in [0.1, 0.15) is 19.3 Å². The third-order valence-electron chi connectivity index (χ3n) is 4.11. The fourth-order valence-corrected chi connectivity index (χ4v) is 2.76. The average molecular weight is 361 g/mol. The van der Waals surface area contributed by atoms with Gasteiger partial charge in [-0.25, -0.2) is 9.78 Å². The molecule has 27 heavy (non-hydrogen) atoms. The number of amides is 2. The van der Waals surface area contributed by atoms with E-state index >= 15 is 0 Å². The van der Waals surface area contributed by atoms with Crippen LogP contribution in [0.15, 0.2) is 30.5 Å². The number of hydrogen-bond donors (Lipinski definition) is 3. The highest BCUT2D eigenvalue weighted by Crippen LogP contribution is 2.19. The highest BCUT2D eigenvalue weighted by atomic mass is 16.2. The smallest absolute Gasteiger partial charge is 0.321 e. The zero-order chi connectivity index (χ0) is 19.1. The molecule has 2 amide bonds. The molecule has 1 aliphatic rings. The summed E-state index contributed by atoms with van der Waals surface area (Å²) in [6.45, 7) is 2.05. The molecule has 0 spiro atoms. The molecule has 0 aliphatic carbocycles. The van der Waals surface area contributed by atoms with Gasteiger partial charge in [0.05, 0.1) is 12.5 Å². The topological polar surface area (TPSA) is 106 Å². The Balaban J connectivity index is 1.66. The van der Waals surface area contributed by atoms with Crippen LogP contribution in [-0.4, -0.2) is 48.4 Å². The minimum atomic E-state index is -0.0858. The van der Waals surface area contributed by atoms with E-state index in [0.29, 0.717) is 35.9 Å². The molecule has 0 unspecified atom stereocenters. The molecule has 1 fully saturated rings. The molecule has 2 aromatic rings. The Morgan fingerprint density at radius 1 is 1.30 bits per heavy atom. The van der Waals surface area contributed by atoms with Crippen molar-refractivity contribution in [3.05, 3.63) is 30.5 Å². The van der Waals surface area contributed by atoms with Gasteiger partial charge in [-0.15, -0.1) is 0 Å². The Morgan fingerprint density at radius 2 is 2.07 bits per heavy atom. The van der Waals surface area contributed by atoms with Crippen molar-refractivity contribution in [1.29, 1.82) is 5.26 Å². The van der Waals surface area contributed by atoms with Crippen LogP contribution in [0.5, 0.6) is 0 Å². The fraction of sp³-hybridized carbons (Fsp3) is 0.333. The number of nitrogens with zero attached hydrogens (tertiary/aromatic N) is 4. The van der Waals surface area contributed by atoms with Crippen LogP contribution in [-0.2, 0) is 0 Å². The molecule has 0 bridgehead atoms. The maximum Gasteiger partial charge on any atom is 0.321 e. The predicted molar refractivity (Wildman–Crippen MR) is 106 cm³/mol. The van der Waals surface area contributed by atoms with E-state index in [1.807, 2.05) is 29.2 Å². The van der Waals surface area contributed by atoms with Gasteiger partial charge in [-0.3, -0.25) is 0 Å². The second-order valence-corrected chi connectivity index (χ2v) is 6.16. The number of carbonyl (C=O) groups is 1. The summed E-state index contributed by atoms with van der Waals surface area (Å²) in [4.78, 5) is 22.5. The summed E-state index contributed by atoms with van der Waals surface area (Å²) in [5.41, 5.74) is 1.84. The van der Waals surface area contributed by atoms with E-state index in [0.717, 1.165) is 31.6 Å². The second-order valence-electron chi connectivity index (χ2n) is 6.16. The Morgan fingerprint density at radius 3 is 2.85 bits per heavy atom. The second kappa shape index (κ2) is 8.89. The molecule has 136 valence electrons. The first-order chi connectivity index (χ1) is 13.2. The molecule has 0 saturated carbocycles. The number of urea groups is 1. The van der Waals surface area contributed by atoms with Crippen LogP contribution >= 0.6 is 0 Å². The molecule has 2 radical (unpaired) electrons. The maximum atomic E-state index is 12.2. The fourth-order valence-electron chi connectivity index (χ4n) is 2.76. The molecular formula is C18H20BN7O. The van der Waals surface area contributed by atoms with Crippen LogP contribution in [0.3, 0.4) is 0 Å². The quantitative estimate of drug-likeness (QED) is 0.537. The van der Waals surface area contributed by atoms with Gasteiger partial charge in [-0.2, -0.15) is 10.2 Å². The molecule has 9 heteroatoms. The monoisotopic (exact) mass is 361 g/mol. The number of rotatable bonds is 6. The largest absolute Gasteiger partial charge is 0.369 e. The molecule has 0 atom stereocenters. The lowest BCUT2D eigenvalue weighted by Gasteiger charge is -2.16. The van der Waals surface area contributed by atoms with Crippen LogP contribution in [0.25, 0.3) is 0 Å². The van der Waals surface area contributed by atoms with E-state index in [1.54, 1.807) is 0 Å². The molecule has 3 rings (SSSR count). The minimum Gasteiger partial charge on any atom is -0.369 e. The van der Waals surface area contributed by atoms with Crippen molar-refractivity contribution >= 4 is 42.5 Å². The lowest BCUT2D eigenvalue weighted by Crippen LogP contribution is -2.32. The van der Waals surface area contributed by atoms with Crippen LogP contribution in [0.2, 0.25) is 0 Å². The molecule has 1 saturated heterocycles. The van der Waals surface area contributed by atoms with Gasteiger partial charge >= 0.3 is 6.03 Å². The van der Waals surface area contributed by atoms with E-state index in [9.17, 15) is 4.79 Å². The first-order valence-electron chi connectivity index (χ1n) is 8.82. The SMILES string of the molecule is [B]c1cnc(Nc2cccc(NC(=O)N3CCCC3)c2)nc1NCCC#N. The first kappa shape index (κ1) is 18.5. The lowest BCUT2D eigenvalue weighted by atomic mass is 9.99. The number of likely N-dealkylation sites (tertiary alicyclic amines) is 1. The Hall–Kier alpha value is -3.28. The summed E-state index contributed by atoms with van der Waals surface area (Å²) >= 11 is 0. The van der Waals surface area contributed by atoms with Crippen molar-refractivity contribution in [1.82, 2.24) is 14.9 Å². The van der Waals surface area contributed by atoms with Crippen molar-refractivity contribution in [2.75, 3.05) is 35.6 Å². The van der Waals surface area contributed by atoms with Crippen molar-refractivity contribution in [2.45, 2.75) is 19.3 Å². The molecule has 1 aromatic heterocycles. The number of nitriles is 1. The van der Waals surface area contributed by atoms with Crippen molar-refractivity contribution in [3.8, 4) is 6.07 Å². The molecule has 1 aromatic carbocycles. The molecule has 8 nitrogen and oxygen atoms in total. The number of nitrogens with one attached hydrogen (secondary N) is 3. The van der Waals surface area contributed by atoms with Gasteiger partial charge in [0.15, 0.2) is 0 Å². The van der Waals surface area contributed by atoms with Gasteiger partial charge in [0.1, 0.15) is 13.7 Å². The number of aromatic nitrogens is 2. The summed E-state index contributed by atoms with van der Waals surface area (Å²) in [7, 11) is 5.85. The minimum absolute atomic E-state index is 0.0858. The number of benzene rings is 1. The van der Waals surface area contributed by atoms with E-state index in [-0.39, 0.29) is 6.03 Å². The molecule has 3 N–H and O–H groups in total. The molecule has 2 heterocycles. The van der Waals surface area contributed by atoms with Crippen LogP contribution in [0.4, 0.5) is 27.9 Å². The van der Waals surface area contributed by atoms with Crippen LogP contribution in [0, 0.1) is 11.3 Å². The van der Waals surface area contributed by atoms with Gasteiger partial charge < -0.3 is 20.9 Å². The Labute approximate surface area is 159 Å². The van der Waals surface area contributed by atoms with Gasteiger partial charge in [0.25, 0.3) is 0 Å². The first-order valence-corrected chi connectivity index (χ1v) is 8.82. The highest BCUT2D eigenvalue weighted by molar-refractivity contribution is 6.35. The van der Waals surface area contributed by atoms with Crippen molar-refractivity contribution in [3.63, 3.8) is 0 Å². The van der Waals surface area contributed by atoms with E-state index in [4.69, 9.17) is 13.1 Å². The van der Waals surface area contributed by atoms with Crippen molar-refractivity contribution < 1.29 is 4.79 Å². The normalized spacial score (nSPS) is 13.1. The summed E-state index contributed by atoms with van der Waals surface area (Å²) in [5.74, 6) is 0.841.